The third kappa shape index (κ3) is 6.81. The van der Waals surface area contributed by atoms with Crippen LogP contribution in [-0.2, 0) is 16.1 Å². The van der Waals surface area contributed by atoms with Crippen LogP contribution in [0.15, 0.2) is 40.8 Å². The van der Waals surface area contributed by atoms with Crippen LogP contribution in [0.25, 0.3) is 11.1 Å². The van der Waals surface area contributed by atoms with Crippen LogP contribution >= 0.6 is 0 Å². The highest BCUT2D eigenvalue weighted by Gasteiger charge is 2.21. The number of rotatable bonds is 12. The van der Waals surface area contributed by atoms with Crippen LogP contribution in [0.5, 0.6) is 17.2 Å². The first-order valence-electron chi connectivity index (χ1n) is 12.5. The fourth-order valence-corrected chi connectivity index (χ4v) is 4.32. The molecule has 0 spiro atoms. The minimum Gasteiger partial charge on any atom is -0.493 e. The zero-order valence-corrected chi connectivity index (χ0v) is 21.2. The highest BCUT2D eigenvalue weighted by Crippen LogP contribution is 2.29. The van der Waals surface area contributed by atoms with E-state index >= 15 is 0 Å². The van der Waals surface area contributed by atoms with Gasteiger partial charge in [-0.05, 0) is 56.0 Å². The van der Waals surface area contributed by atoms with E-state index in [1.165, 1.54) is 12.7 Å². The van der Waals surface area contributed by atoms with Crippen molar-refractivity contribution in [2.75, 3.05) is 45.8 Å². The SMILES string of the molecule is CCOc1cc(CN2CCC(Nc3nc4cc(OCCCC(=O)OC)ccc4o3)CC2)ccc1OC. The number of carbonyl (C=O) groups excluding carboxylic acids is 1. The van der Waals surface area contributed by atoms with Crippen molar-refractivity contribution in [1.29, 1.82) is 0 Å². The summed E-state index contributed by atoms with van der Waals surface area (Å²) in [6.45, 7) is 5.87. The molecule has 0 aliphatic carbocycles. The minimum absolute atomic E-state index is 0.233. The van der Waals surface area contributed by atoms with Crippen molar-refractivity contribution < 1.29 is 28.2 Å². The van der Waals surface area contributed by atoms with Gasteiger partial charge in [-0.2, -0.15) is 4.98 Å². The fraction of sp³-hybridized carbons (Fsp3) is 0.481. The number of benzene rings is 2. The second kappa shape index (κ2) is 12.5. The predicted octanol–water partition coefficient (Wildman–Crippen LogP) is 4.64. The van der Waals surface area contributed by atoms with Gasteiger partial charge in [-0.15, -0.1) is 0 Å². The largest absolute Gasteiger partial charge is 0.493 e. The molecule has 1 fully saturated rings. The van der Waals surface area contributed by atoms with Crippen LogP contribution in [0.3, 0.4) is 0 Å². The van der Waals surface area contributed by atoms with Crippen molar-refractivity contribution >= 4 is 23.1 Å². The van der Waals surface area contributed by atoms with E-state index in [1.807, 2.05) is 31.2 Å². The first-order valence-corrected chi connectivity index (χ1v) is 12.5. The summed E-state index contributed by atoms with van der Waals surface area (Å²) in [4.78, 5) is 18.2. The van der Waals surface area contributed by atoms with Crippen molar-refractivity contribution in [3.63, 3.8) is 0 Å². The maximum Gasteiger partial charge on any atom is 0.305 e. The molecule has 2 heterocycles. The van der Waals surface area contributed by atoms with Crippen molar-refractivity contribution in [2.24, 2.45) is 0 Å². The average Bonchev–Trinajstić information content (AvgIpc) is 3.29. The Morgan fingerprint density at radius 1 is 1.11 bits per heavy atom. The number of hydrogen-bond acceptors (Lipinski definition) is 9. The van der Waals surface area contributed by atoms with E-state index in [0.717, 1.165) is 49.5 Å². The lowest BCUT2D eigenvalue weighted by atomic mass is 10.0. The molecule has 9 nitrogen and oxygen atoms in total. The van der Waals surface area contributed by atoms with Gasteiger partial charge in [-0.3, -0.25) is 9.69 Å². The molecular formula is C27H35N3O6. The van der Waals surface area contributed by atoms with Gasteiger partial charge in [0.15, 0.2) is 17.1 Å². The highest BCUT2D eigenvalue weighted by molar-refractivity contribution is 5.76. The molecule has 36 heavy (non-hydrogen) atoms. The molecule has 1 aromatic heterocycles. The fourth-order valence-electron chi connectivity index (χ4n) is 4.32. The first-order chi connectivity index (χ1) is 17.6. The van der Waals surface area contributed by atoms with E-state index in [1.54, 1.807) is 7.11 Å². The van der Waals surface area contributed by atoms with E-state index in [0.29, 0.717) is 49.4 Å². The van der Waals surface area contributed by atoms with E-state index in [9.17, 15) is 4.79 Å². The minimum atomic E-state index is -0.233. The summed E-state index contributed by atoms with van der Waals surface area (Å²) in [5.74, 6) is 2.02. The van der Waals surface area contributed by atoms with Crippen molar-refractivity contribution in [1.82, 2.24) is 9.88 Å². The molecule has 0 amide bonds. The molecule has 1 saturated heterocycles. The number of likely N-dealkylation sites (tertiary alicyclic amines) is 1. The lowest BCUT2D eigenvalue weighted by Gasteiger charge is -2.32. The molecule has 0 bridgehead atoms. The molecule has 1 aliphatic heterocycles. The van der Waals surface area contributed by atoms with Crippen LogP contribution in [-0.4, -0.2) is 62.4 Å². The number of oxazole rings is 1. The zero-order chi connectivity index (χ0) is 25.3. The molecule has 1 N–H and O–H groups in total. The summed E-state index contributed by atoms with van der Waals surface area (Å²) in [5, 5.41) is 3.45. The third-order valence-corrected chi connectivity index (χ3v) is 6.23. The molecule has 1 aliphatic rings. The topological polar surface area (TPSA) is 95.3 Å². The third-order valence-electron chi connectivity index (χ3n) is 6.23. The van der Waals surface area contributed by atoms with Gasteiger partial charge in [0.05, 0.1) is 27.4 Å². The van der Waals surface area contributed by atoms with Gasteiger partial charge in [-0.25, -0.2) is 0 Å². The van der Waals surface area contributed by atoms with Crippen molar-refractivity contribution in [2.45, 2.75) is 45.2 Å². The Morgan fingerprint density at radius 3 is 2.69 bits per heavy atom. The molecule has 194 valence electrons. The number of nitrogens with one attached hydrogen (secondary N) is 1. The van der Waals surface area contributed by atoms with E-state index in [2.05, 4.69) is 32.1 Å². The number of anilines is 1. The summed E-state index contributed by atoms with van der Waals surface area (Å²) in [7, 11) is 3.05. The number of aromatic nitrogens is 1. The summed E-state index contributed by atoms with van der Waals surface area (Å²) in [5.41, 5.74) is 2.67. The predicted molar refractivity (Wildman–Crippen MR) is 137 cm³/mol. The second-order valence-corrected chi connectivity index (χ2v) is 8.79. The van der Waals surface area contributed by atoms with Gasteiger partial charge in [-0.1, -0.05) is 6.07 Å². The van der Waals surface area contributed by atoms with Crippen LogP contribution < -0.4 is 19.5 Å². The summed E-state index contributed by atoms with van der Waals surface area (Å²) < 4.78 is 27.4. The summed E-state index contributed by atoms with van der Waals surface area (Å²) >= 11 is 0. The van der Waals surface area contributed by atoms with Crippen LogP contribution in [0.1, 0.15) is 38.2 Å². The van der Waals surface area contributed by atoms with Gasteiger partial charge < -0.3 is 28.7 Å². The number of ether oxygens (including phenoxy) is 4. The summed E-state index contributed by atoms with van der Waals surface area (Å²) in [6.07, 6.45) is 2.94. The van der Waals surface area contributed by atoms with Gasteiger partial charge >= 0.3 is 5.97 Å². The summed E-state index contributed by atoms with van der Waals surface area (Å²) in [6, 6.07) is 12.5. The number of piperidine rings is 1. The quantitative estimate of drug-likeness (QED) is 0.283. The van der Waals surface area contributed by atoms with E-state index < -0.39 is 0 Å². The number of esters is 1. The molecule has 0 unspecified atom stereocenters. The van der Waals surface area contributed by atoms with Crippen LogP contribution in [0, 0.1) is 0 Å². The second-order valence-electron chi connectivity index (χ2n) is 8.79. The van der Waals surface area contributed by atoms with Crippen molar-refractivity contribution in [3.05, 3.63) is 42.0 Å². The number of methoxy groups -OCH3 is 2. The Balaban J connectivity index is 1.26. The van der Waals surface area contributed by atoms with E-state index in [4.69, 9.17) is 18.6 Å². The molecule has 9 heteroatoms. The average molecular weight is 498 g/mol. The van der Waals surface area contributed by atoms with Gasteiger partial charge in [0.1, 0.15) is 11.3 Å². The molecule has 2 aromatic carbocycles. The molecule has 0 radical (unpaired) electrons. The van der Waals surface area contributed by atoms with E-state index in [-0.39, 0.29) is 5.97 Å². The monoisotopic (exact) mass is 497 g/mol. The maximum atomic E-state index is 11.2. The number of fused-ring (bicyclic) bond motifs is 1. The number of nitrogens with zero attached hydrogens (tertiary/aromatic N) is 2. The molecule has 3 aromatic rings. The highest BCUT2D eigenvalue weighted by atomic mass is 16.5. The lowest BCUT2D eigenvalue weighted by Crippen LogP contribution is -2.38. The van der Waals surface area contributed by atoms with Gasteiger partial charge in [0.25, 0.3) is 6.01 Å². The Kier molecular flexibility index (Phi) is 8.89. The molecular weight excluding hydrogens is 462 g/mol. The Hall–Kier alpha value is -3.46. The number of carbonyl (C=O) groups is 1. The van der Waals surface area contributed by atoms with Crippen LogP contribution in [0.4, 0.5) is 6.01 Å². The maximum absolute atomic E-state index is 11.2. The number of hydrogen-bond donors (Lipinski definition) is 1. The zero-order valence-electron chi connectivity index (χ0n) is 21.2. The molecule has 4 rings (SSSR count). The van der Waals surface area contributed by atoms with Crippen molar-refractivity contribution in [3.8, 4) is 17.2 Å². The smallest absolute Gasteiger partial charge is 0.305 e. The standard InChI is InChI=1S/C27H35N3O6/c1-4-34-25-16-19(7-9-24(25)32-2)18-30-13-11-20(12-14-30)28-27-29-22-17-21(8-10-23(22)36-27)35-15-5-6-26(31)33-3/h7-10,16-17,20H,4-6,11-15,18H2,1-3H3,(H,28,29). The first kappa shape index (κ1) is 25.6. The Labute approximate surface area is 211 Å². The Bertz CT molecular complexity index is 1140. The Morgan fingerprint density at radius 2 is 1.94 bits per heavy atom. The molecule has 0 saturated carbocycles. The van der Waals surface area contributed by atoms with Crippen LogP contribution in [0.2, 0.25) is 0 Å². The molecule has 0 atom stereocenters. The lowest BCUT2D eigenvalue weighted by molar-refractivity contribution is -0.140. The van der Waals surface area contributed by atoms with Gasteiger partial charge in [0, 0.05) is 38.2 Å². The van der Waals surface area contributed by atoms with Gasteiger partial charge in [0.2, 0.25) is 0 Å². The normalized spacial score (nSPS) is 14.5.